The molecule has 7 nitrogen and oxygen atoms in total. The average molecular weight is 353 g/mol. The van der Waals surface area contributed by atoms with Crippen molar-refractivity contribution < 1.29 is 29.3 Å². The van der Waals surface area contributed by atoms with E-state index in [4.69, 9.17) is 26.8 Å². The quantitative estimate of drug-likeness (QED) is 0.613. The first kappa shape index (κ1) is 15.8. The molecule has 1 atom stereocenters. The Morgan fingerprint density at radius 1 is 1.43 bits per heavy atom. The summed E-state index contributed by atoms with van der Waals surface area (Å²) in [6.45, 7) is -0.559. The third-order valence-electron chi connectivity index (χ3n) is 3.29. The van der Waals surface area contributed by atoms with Crippen LogP contribution in [0.25, 0.3) is 6.08 Å². The number of ether oxygens (including phenoxy) is 2. The van der Waals surface area contributed by atoms with Gasteiger partial charge in [-0.1, -0.05) is 30.0 Å². The lowest BCUT2D eigenvalue weighted by Crippen LogP contribution is -2.46. The Kier molecular flexibility index (Phi) is 4.24. The molecule has 2 heterocycles. The molecule has 0 aliphatic carbocycles. The number of hydrogen-bond acceptors (Lipinski definition) is 7. The molecule has 1 amide bonds. The van der Waals surface area contributed by atoms with E-state index in [2.05, 4.69) is 0 Å². The first-order valence-corrected chi connectivity index (χ1v) is 7.74. The van der Waals surface area contributed by atoms with E-state index in [0.29, 0.717) is 17.1 Å². The summed E-state index contributed by atoms with van der Waals surface area (Å²) in [6, 6.07) is 3.81. The van der Waals surface area contributed by atoms with Crippen molar-refractivity contribution in [3.63, 3.8) is 0 Å². The van der Waals surface area contributed by atoms with Gasteiger partial charge in [-0.3, -0.25) is 9.69 Å². The minimum Gasteiger partial charge on any atom is -0.480 e. The standard InChI is InChI=1S/C14H11NO6S2/c16-5-8(13(18)19)15-12(17)11(23-14(15)22)4-7-1-2-9-10(3-7)21-6-20-9/h1-4,8,16H,5-6H2,(H,18,19)/b11-4-. The molecule has 1 aromatic carbocycles. The molecule has 3 rings (SSSR count). The van der Waals surface area contributed by atoms with E-state index in [1.807, 2.05) is 0 Å². The van der Waals surface area contributed by atoms with Crippen LogP contribution in [0.2, 0.25) is 0 Å². The third kappa shape index (κ3) is 2.90. The summed E-state index contributed by atoms with van der Waals surface area (Å²) in [6.07, 6.45) is 1.59. The number of fused-ring (bicyclic) bond motifs is 1. The minimum absolute atomic E-state index is 0.100. The lowest BCUT2D eigenvalue weighted by Gasteiger charge is -2.20. The maximum atomic E-state index is 12.4. The molecular weight excluding hydrogens is 342 g/mol. The van der Waals surface area contributed by atoms with E-state index in [0.717, 1.165) is 16.7 Å². The Balaban J connectivity index is 1.88. The number of benzene rings is 1. The van der Waals surface area contributed by atoms with Crippen LogP contribution in [-0.2, 0) is 9.59 Å². The summed E-state index contributed by atoms with van der Waals surface area (Å²) in [5.74, 6) is -0.652. The zero-order chi connectivity index (χ0) is 16.6. The van der Waals surface area contributed by atoms with Crippen LogP contribution in [0.1, 0.15) is 5.56 Å². The van der Waals surface area contributed by atoms with Crippen LogP contribution < -0.4 is 9.47 Å². The van der Waals surface area contributed by atoms with Gasteiger partial charge in [0.05, 0.1) is 11.5 Å². The summed E-state index contributed by atoms with van der Waals surface area (Å²) in [5, 5.41) is 18.3. The molecule has 120 valence electrons. The highest BCUT2D eigenvalue weighted by Gasteiger charge is 2.40. The summed E-state index contributed by atoms with van der Waals surface area (Å²) in [4.78, 5) is 24.7. The molecule has 0 spiro atoms. The number of aliphatic carboxylic acids is 1. The number of carbonyl (C=O) groups excluding carboxylic acids is 1. The summed E-state index contributed by atoms with van der Waals surface area (Å²) < 4.78 is 10.6. The number of nitrogens with zero attached hydrogens (tertiary/aromatic N) is 1. The molecule has 23 heavy (non-hydrogen) atoms. The average Bonchev–Trinajstić information content (AvgIpc) is 3.07. The van der Waals surface area contributed by atoms with Crippen LogP contribution in [0.3, 0.4) is 0 Å². The Bertz CT molecular complexity index is 732. The number of aliphatic hydroxyl groups excluding tert-OH is 1. The lowest BCUT2D eigenvalue weighted by molar-refractivity contribution is -0.146. The molecule has 1 saturated heterocycles. The highest BCUT2D eigenvalue weighted by atomic mass is 32.2. The van der Waals surface area contributed by atoms with Crippen molar-refractivity contribution in [2.24, 2.45) is 0 Å². The molecule has 0 aromatic heterocycles. The van der Waals surface area contributed by atoms with Gasteiger partial charge in [-0.25, -0.2) is 4.79 Å². The number of hydrogen-bond donors (Lipinski definition) is 2. The monoisotopic (exact) mass is 353 g/mol. The van der Waals surface area contributed by atoms with Crippen LogP contribution >= 0.6 is 24.0 Å². The second kappa shape index (κ2) is 6.19. The van der Waals surface area contributed by atoms with Gasteiger partial charge in [0.15, 0.2) is 17.5 Å². The molecule has 0 saturated carbocycles. The lowest BCUT2D eigenvalue weighted by atomic mass is 10.2. The number of aliphatic hydroxyl groups is 1. The van der Waals surface area contributed by atoms with Crippen molar-refractivity contribution >= 4 is 46.3 Å². The van der Waals surface area contributed by atoms with Gasteiger partial charge in [0, 0.05) is 0 Å². The SMILES string of the molecule is O=C(O)C(CO)N1C(=O)/C(=C/c2ccc3c(c2)OCO3)SC1=S. The second-order valence-electron chi connectivity index (χ2n) is 4.70. The van der Waals surface area contributed by atoms with E-state index in [1.165, 1.54) is 0 Å². The largest absolute Gasteiger partial charge is 0.480 e. The summed E-state index contributed by atoms with van der Waals surface area (Å²) in [5.41, 5.74) is 0.700. The molecule has 2 N–H and O–H groups in total. The van der Waals surface area contributed by atoms with Crippen LogP contribution in [0.4, 0.5) is 0 Å². The fourth-order valence-corrected chi connectivity index (χ4v) is 3.53. The molecule has 1 unspecified atom stereocenters. The highest BCUT2D eigenvalue weighted by molar-refractivity contribution is 8.26. The van der Waals surface area contributed by atoms with Crippen molar-refractivity contribution in [2.45, 2.75) is 6.04 Å². The van der Waals surface area contributed by atoms with E-state index in [-0.39, 0.29) is 16.0 Å². The van der Waals surface area contributed by atoms with Gasteiger partial charge in [0.25, 0.3) is 5.91 Å². The molecule has 1 aromatic rings. The van der Waals surface area contributed by atoms with Crippen LogP contribution in [0, 0.1) is 0 Å². The summed E-state index contributed by atoms with van der Waals surface area (Å²) >= 11 is 6.05. The topological polar surface area (TPSA) is 96.3 Å². The smallest absolute Gasteiger partial charge is 0.329 e. The highest BCUT2D eigenvalue weighted by Crippen LogP contribution is 2.37. The molecule has 0 bridgehead atoms. The van der Waals surface area contributed by atoms with Gasteiger partial charge in [-0.05, 0) is 23.8 Å². The number of thiocarbonyl (C=S) groups is 1. The Labute approximate surface area is 140 Å². The van der Waals surface area contributed by atoms with Gasteiger partial charge >= 0.3 is 5.97 Å². The summed E-state index contributed by atoms with van der Waals surface area (Å²) in [7, 11) is 0. The van der Waals surface area contributed by atoms with Gasteiger partial charge in [0.1, 0.15) is 4.32 Å². The molecule has 2 aliphatic heterocycles. The number of carboxylic acid groups (broad SMARTS) is 1. The van der Waals surface area contributed by atoms with Crippen molar-refractivity contribution in [3.8, 4) is 11.5 Å². The molecular formula is C14H11NO6S2. The number of carbonyl (C=O) groups is 2. The maximum absolute atomic E-state index is 12.4. The van der Waals surface area contributed by atoms with Gasteiger partial charge < -0.3 is 19.7 Å². The second-order valence-corrected chi connectivity index (χ2v) is 6.38. The van der Waals surface area contributed by atoms with E-state index < -0.39 is 24.5 Å². The first-order chi connectivity index (χ1) is 11.0. The number of carboxylic acids is 1. The van der Waals surface area contributed by atoms with Crippen LogP contribution in [-0.4, -0.2) is 50.8 Å². The maximum Gasteiger partial charge on any atom is 0.329 e. The molecule has 1 fully saturated rings. The first-order valence-electron chi connectivity index (χ1n) is 6.51. The van der Waals surface area contributed by atoms with Gasteiger partial charge in [0.2, 0.25) is 6.79 Å². The van der Waals surface area contributed by atoms with Crippen LogP contribution in [0.15, 0.2) is 23.1 Å². The Hall–Kier alpha value is -2.10. The third-order valence-corrected chi connectivity index (χ3v) is 4.62. The van der Waals surface area contributed by atoms with Crippen molar-refractivity contribution in [2.75, 3.05) is 13.4 Å². The fraction of sp³-hybridized carbons (Fsp3) is 0.214. The number of thioether (sulfide) groups is 1. The van der Waals surface area contributed by atoms with E-state index >= 15 is 0 Å². The van der Waals surface area contributed by atoms with Gasteiger partial charge in [-0.2, -0.15) is 0 Å². The Morgan fingerprint density at radius 3 is 2.87 bits per heavy atom. The fourth-order valence-electron chi connectivity index (χ4n) is 2.17. The normalized spacial score (nSPS) is 19.5. The molecule has 9 heteroatoms. The van der Waals surface area contributed by atoms with Crippen molar-refractivity contribution in [3.05, 3.63) is 28.7 Å². The predicted molar refractivity (Wildman–Crippen MR) is 86.1 cm³/mol. The van der Waals surface area contributed by atoms with Gasteiger partial charge in [-0.15, -0.1) is 0 Å². The van der Waals surface area contributed by atoms with E-state index in [1.54, 1.807) is 24.3 Å². The number of rotatable bonds is 4. The minimum atomic E-state index is -1.38. The zero-order valence-corrected chi connectivity index (χ0v) is 13.2. The van der Waals surface area contributed by atoms with Crippen LogP contribution in [0.5, 0.6) is 11.5 Å². The van der Waals surface area contributed by atoms with Crippen molar-refractivity contribution in [1.82, 2.24) is 4.90 Å². The van der Waals surface area contributed by atoms with Crippen molar-refractivity contribution in [1.29, 1.82) is 0 Å². The van der Waals surface area contributed by atoms with E-state index in [9.17, 15) is 14.7 Å². The predicted octanol–water partition coefficient (Wildman–Crippen LogP) is 1.06. The molecule has 0 radical (unpaired) electrons. The zero-order valence-electron chi connectivity index (χ0n) is 11.6. The Morgan fingerprint density at radius 2 is 2.17 bits per heavy atom. The molecule has 2 aliphatic rings. The number of amides is 1.